The van der Waals surface area contributed by atoms with Crippen LogP contribution in [0.25, 0.3) is 11.6 Å². The van der Waals surface area contributed by atoms with Gasteiger partial charge in [0.2, 0.25) is 5.75 Å². The van der Waals surface area contributed by atoms with Crippen molar-refractivity contribution in [3.05, 3.63) is 53.1 Å². The highest BCUT2D eigenvalue weighted by Crippen LogP contribution is 2.54. The molecule has 1 aliphatic rings. The maximum atomic E-state index is 9.86. The van der Waals surface area contributed by atoms with E-state index in [0.29, 0.717) is 17.2 Å². The van der Waals surface area contributed by atoms with Gasteiger partial charge in [0.1, 0.15) is 5.41 Å². The molecule has 0 radical (unpaired) electrons. The van der Waals surface area contributed by atoms with Crippen LogP contribution in [-0.4, -0.2) is 21.3 Å². The van der Waals surface area contributed by atoms with Crippen molar-refractivity contribution in [2.24, 2.45) is 0 Å². The van der Waals surface area contributed by atoms with Gasteiger partial charge in [-0.3, -0.25) is 0 Å². The molecule has 0 aromatic heterocycles. The van der Waals surface area contributed by atoms with Crippen LogP contribution in [0.5, 0.6) is 17.2 Å². The normalized spacial score (nSPS) is 19.6. The Morgan fingerprint density at radius 1 is 1.04 bits per heavy atom. The van der Waals surface area contributed by atoms with E-state index >= 15 is 0 Å². The molecule has 1 aliphatic carbocycles. The van der Waals surface area contributed by atoms with Gasteiger partial charge in [-0.15, -0.1) is 0 Å². The Kier molecular flexibility index (Phi) is 4.41. The summed E-state index contributed by atoms with van der Waals surface area (Å²) in [6, 6.07) is 14.4. The first-order chi connectivity index (χ1) is 12.1. The van der Waals surface area contributed by atoms with Crippen LogP contribution in [-0.2, 0) is 5.41 Å². The van der Waals surface area contributed by atoms with Crippen LogP contribution in [0.4, 0.5) is 0 Å². The molecule has 0 bridgehead atoms. The number of rotatable bonds is 5. The van der Waals surface area contributed by atoms with Gasteiger partial charge in [0.05, 0.1) is 27.4 Å². The van der Waals surface area contributed by atoms with Crippen LogP contribution in [0.3, 0.4) is 0 Å². The lowest BCUT2D eigenvalue weighted by molar-refractivity contribution is 0.324. The summed E-state index contributed by atoms with van der Waals surface area (Å²) in [5.41, 5.74) is 3.60. The minimum atomic E-state index is -0.559. The van der Waals surface area contributed by atoms with E-state index in [-0.39, 0.29) is 0 Å². The molecule has 3 rings (SSSR count). The number of allylic oxidation sites excluding steroid dienone is 1. The van der Waals surface area contributed by atoms with Gasteiger partial charge < -0.3 is 14.2 Å². The summed E-state index contributed by atoms with van der Waals surface area (Å²) < 4.78 is 16.2. The molecule has 4 nitrogen and oxygen atoms in total. The van der Waals surface area contributed by atoms with Crippen molar-refractivity contribution in [2.75, 3.05) is 21.3 Å². The van der Waals surface area contributed by atoms with Crippen LogP contribution < -0.4 is 14.2 Å². The number of fused-ring (bicyclic) bond motifs is 1. The number of nitriles is 1. The third kappa shape index (κ3) is 2.44. The van der Waals surface area contributed by atoms with Crippen molar-refractivity contribution >= 4 is 11.6 Å². The first kappa shape index (κ1) is 16.9. The van der Waals surface area contributed by atoms with E-state index < -0.39 is 5.41 Å². The Hall–Kier alpha value is -2.93. The molecule has 0 N–H and O–H groups in total. The van der Waals surface area contributed by atoms with Crippen LogP contribution in [0.2, 0.25) is 0 Å². The Morgan fingerprint density at radius 3 is 2.20 bits per heavy atom. The highest BCUT2D eigenvalue weighted by molar-refractivity contribution is 5.99. The summed E-state index contributed by atoms with van der Waals surface area (Å²) in [6.07, 6.45) is 2.77. The molecule has 2 aromatic carbocycles. The number of hydrogen-bond donors (Lipinski definition) is 0. The maximum Gasteiger partial charge on any atom is 0.203 e. The second-order valence-corrected chi connectivity index (χ2v) is 5.93. The Morgan fingerprint density at radius 2 is 1.68 bits per heavy atom. The monoisotopic (exact) mass is 335 g/mol. The van der Waals surface area contributed by atoms with E-state index in [1.165, 1.54) is 0 Å². The zero-order chi connectivity index (χ0) is 18.0. The topological polar surface area (TPSA) is 51.5 Å². The van der Waals surface area contributed by atoms with E-state index in [0.717, 1.165) is 28.7 Å². The van der Waals surface area contributed by atoms with Crippen LogP contribution in [0.1, 0.15) is 30.0 Å². The summed E-state index contributed by atoms with van der Waals surface area (Å²) >= 11 is 0. The van der Waals surface area contributed by atoms with Crippen LogP contribution >= 0.6 is 0 Å². The third-order valence-electron chi connectivity index (χ3n) is 4.86. The molecule has 0 aliphatic heterocycles. The zero-order valence-electron chi connectivity index (χ0n) is 14.9. The van der Waals surface area contributed by atoms with Crippen molar-refractivity contribution < 1.29 is 14.2 Å². The molecule has 0 saturated heterocycles. The van der Waals surface area contributed by atoms with Gasteiger partial charge in [-0.05, 0) is 46.9 Å². The molecule has 0 fully saturated rings. The van der Waals surface area contributed by atoms with E-state index in [1.54, 1.807) is 21.3 Å². The van der Waals surface area contributed by atoms with Crippen LogP contribution in [0, 0.1) is 11.3 Å². The number of hydrogen-bond acceptors (Lipinski definition) is 4. The average Bonchev–Trinajstić information content (AvgIpc) is 2.66. The molecule has 1 unspecified atom stereocenters. The molecule has 0 amide bonds. The first-order valence-corrected chi connectivity index (χ1v) is 8.18. The highest BCUT2D eigenvalue weighted by Gasteiger charge is 2.46. The Labute approximate surface area is 148 Å². The quantitative estimate of drug-likeness (QED) is 0.810. The molecule has 0 spiro atoms. The summed E-state index contributed by atoms with van der Waals surface area (Å²) in [4.78, 5) is 0. The first-order valence-electron chi connectivity index (χ1n) is 8.18. The third-order valence-corrected chi connectivity index (χ3v) is 4.86. The summed E-state index contributed by atoms with van der Waals surface area (Å²) in [5, 5.41) is 9.86. The standard InChI is InChI=1S/C21H21NO3/c1-5-21(13-22)16-9-7-6-8-15(16)17(21)10-14-11-18(23-2)20(25-4)19(12-14)24-3/h6-12H,5H2,1-4H3/b17-10+. The molecule has 2 aromatic rings. The molecule has 4 heteroatoms. The van der Waals surface area contributed by atoms with Gasteiger partial charge in [0.25, 0.3) is 0 Å². The maximum absolute atomic E-state index is 9.86. The number of methoxy groups -OCH3 is 3. The lowest BCUT2D eigenvalue weighted by Gasteiger charge is -2.41. The molecule has 128 valence electrons. The van der Waals surface area contributed by atoms with Gasteiger partial charge in [0.15, 0.2) is 11.5 Å². The van der Waals surface area contributed by atoms with Gasteiger partial charge in [-0.25, -0.2) is 0 Å². The molecular weight excluding hydrogens is 314 g/mol. The van der Waals surface area contributed by atoms with Crippen LogP contribution in [0.15, 0.2) is 36.4 Å². The second kappa shape index (κ2) is 6.52. The molecule has 1 atom stereocenters. The SMILES string of the molecule is CCC1(C#N)/C(=C/c2cc(OC)c(OC)c(OC)c2)c2ccccc21. The fraction of sp³-hybridized carbons (Fsp3) is 0.286. The Balaban J connectivity index is 2.17. The number of nitrogens with zero attached hydrogens (tertiary/aromatic N) is 1. The summed E-state index contributed by atoms with van der Waals surface area (Å²) in [6.45, 7) is 2.04. The fourth-order valence-electron chi connectivity index (χ4n) is 3.54. The summed E-state index contributed by atoms with van der Waals surface area (Å²) in [5.74, 6) is 1.75. The largest absolute Gasteiger partial charge is 0.493 e. The molecule has 25 heavy (non-hydrogen) atoms. The lowest BCUT2D eigenvalue weighted by Crippen LogP contribution is -2.35. The van der Waals surface area contributed by atoms with Gasteiger partial charge in [-0.2, -0.15) is 5.26 Å². The fourth-order valence-corrected chi connectivity index (χ4v) is 3.54. The van der Waals surface area contributed by atoms with E-state index in [4.69, 9.17) is 14.2 Å². The molecular formula is C21H21NO3. The number of ether oxygens (including phenoxy) is 3. The van der Waals surface area contributed by atoms with Crippen molar-refractivity contribution in [3.63, 3.8) is 0 Å². The van der Waals surface area contributed by atoms with Gasteiger partial charge >= 0.3 is 0 Å². The van der Waals surface area contributed by atoms with Crippen molar-refractivity contribution in [2.45, 2.75) is 18.8 Å². The molecule has 0 saturated carbocycles. The van der Waals surface area contributed by atoms with Crippen molar-refractivity contribution in [1.82, 2.24) is 0 Å². The zero-order valence-corrected chi connectivity index (χ0v) is 14.9. The predicted molar refractivity (Wildman–Crippen MR) is 98.0 cm³/mol. The minimum Gasteiger partial charge on any atom is -0.493 e. The molecule has 0 heterocycles. The van der Waals surface area contributed by atoms with E-state index in [9.17, 15) is 5.26 Å². The number of benzene rings is 2. The van der Waals surface area contributed by atoms with Crippen molar-refractivity contribution in [1.29, 1.82) is 5.26 Å². The highest BCUT2D eigenvalue weighted by atomic mass is 16.5. The predicted octanol–water partition coefficient (Wildman–Crippen LogP) is 4.44. The summed E-state index contributed by atoms with van der Waals surface area (Å²) in [7, 11) is 4.77. The second-order valence-electron chi connectivity index (χ2n) is 5.93. The van der Waals surface area contributed by atoms with Gasteiger partial charge in [-0.1, -0.05) is 31.2 Å². The van der Waals surface area contributed by atoms with Crippen molar-refractivity contribution in [3.8, 4) is 23.3 Å². The lowest BCUT2D eigenvalue weighted by atomic mass is 9.59. The smallest absolute Gasteiger partial charge is 0.203 e. The minimum absolute atomic E-state index is 0.559. The average molecular weight is 335 g/mol. The van der Waals surface area contributed by atoms with E-state index in [1.807, 2.05) is 43.3 Å². The van der Waals surface area contributed by atoms with Gasteiger partial charge in [0, 0.05) is 0 Å². The Bertz CT molecular complexity index is 854. The van der Waals surface area contributed by atoms with E-state index in [2.05, 4.69) is 12.1 Å².